The fraction of sp³-hybridized carbons (Fsp3) is 0.154. The lowest BCUT2D eigenvalue weighted by atomic mass is 10.0. The molecule has 8 nitrogen and oxygen atoms in total. The van der Waals surface area contributed by atoms with Crippen LogP contribution in [0, 0.1) is 13.8 Å². The molecule has 0 atom stereocenters. The van der Waals surface area contributed by atoms with Gasteiger partial charge in [-0.1, -0.05) is 35.9 Å². The van der Waals surface area contributed by atoms with Crippen molar-refractivity contribution in [2.24, 2.45) is 0 Å². The Morgan fingerprint density at radius 1 is 1.03 bits per heavy atom. The van der Waals surface area contributed by atoms with Crippen LogP contribution in [-0.2, 0) is 14.8 Å². The number of aromatic nitrogens is 3. The molecule has 0 aliphatic heterocycles. The van der Waals surface area contributed by atoms with Gasteiger partial charge in [0, 0.05) is 34.5 Å². The van der Waals surface area contributed by atoms with Crippen LogP contribution in [0.3, 0.4) is 0 Å². The van der Waals surface area contributed by atoms with Crippen molar-refractivity contribution in [1.29, 1.82) is 0 Å². The number of nitrogens with one attached hydrogen (secondary N) is 1. The van der Waals surface area contributed by atoms with Gasteiger partial charge in [-0.2, -0.15) is 0 Å². The summed E-state index contributed by atoms with van der Waals surface area (Å²) in [6.07, 6.45) is 2.32. The fourth-order valence-electron chi connectivity index (χ4n) is 4.34. The van der Waals surface area contributed by atoms with Crippen LogP contribution in [-0.4, -0.2) is 34.6 Å². The zero-order valence-corrected chi connectivity index (χ0v) is 20.2. The van der Waals surface area contributed by atoms with Crippen molar-refractivity contribution >= 4 is 38.1 Å². The maximum Gasteiger partial charge on any atom is 0.419 e. The molecule has 35 heavy (non-hydrogen) atoms. The van der Waals surface area contributed by atoms with Crippen molar-refractivity contribution in [2.75, 3.05) is 6.61 Å². The van der Waals surface area contributed by atoms with E-state index < -0.39 is 16.1 Å². The van der Waals surface area contributed by atoms with Gasteiger partial charge < -0.3 is 9.72 Å². The first-order chi connectivity index (χ1) is 16.7. The summed E-state index contributed by atoms with van der Waals surface area (Å²) < 4.78 is 34.3. The van der Waals surface area contributed by atoms with Crippen LogP contribution in [0.1, 0.15) is 18.1 Å². The molecule has 2 aromatic carbocycles. The summed E-state index contributed by atoms with van der Waals surface area (Å²) in [5, 5.41) is 0.681. The normalized spacial score (nSPS) is 11.9. The van der Waals surface area contributed by atoms with E-state index in [0.29, 0.717) is 38.6 Å². The third-order valence-corrected chi connectivity index (χ3v) is 7.72. The molecular weight excluding hydrogens is 466 g/mol. The maximum absolute atomic E-state index is 13.2. The van der Waals surface area contributed by atoms with E-state index in [1.165, 1.54) is 17.0 Å². The molecule has 0 saturated carbocycles. The lowest BCUT2D eigenvalue weighted by Crippen LogP contribution is -2.16. The number of fused-ring (bicyclic) bond motifs is 3. The zero-order valence-electron chi connectivity index (χ0n) is 19.4. The maximum atomic E-state index is 13.2. The van der Waals surface area contributed by atoms with E-state index in [9.17, 15) is 18.0 Å². The average Bonchev–Trinajstić information content (AvgIpc) is 3.44. The van der Waals surface area contributed by atoms with Crippen molar-refractivity contribution in [3.05, 3.63) is 88.5 Å². The number of aryl methyl sites for hydroxylation is 1. The predicted octanol–water partition coefficient (Wildman–Crippen LogP) is 4.81. The average molecular weight is 490 g/mol. The standard InChI is InChI=1S/C26H23N3O5S/c1-4-34-26(31)29-21-8-6-5-7-20(21)23-24(29)22(17(3)25(30)27-23)18-13-14-28(15-18)35(32,33)19-11-9-16(2)10-12-19/h5-15H,4H2,1-3H3,(H,27,30). The second-order valence-corrected chi connectivity index (χ2v) is 10.1. The Balaban J connectivity index is 1.80. The monoisotopic (exact) mass is 489 g/mol. The molecule has 0 radical (unpaired) electrons. The van der Waals surface area contributed by atoms with Gasteiger partial charge in [0.1, 0.15) is 0 Å². The first-order valence-corrected chi connectivity index (χ1v) is 12.5. The van der Waals surface area contributed by atoms with E-state index in [1.54, 1.807) is 56.3 Å². The van der Waals surface area contributed by atoms with Gasteiger partial charge >= 0.3 is 6.09 Å². The fourth-order valence-corrected chi connectivity index (χ4v) is 5.54. The SMILES string of the molecule is CCOC(=O)n1c2ccccc2c2[nH]c(=O)c(C)c(-c3ccn(S(=O)(=O)c4ccc(C)cc4)c3)c21. The van der Waals surface area contributed by atoms with Crippen LogP contribution in [0.25, 0.3) is 33.1 Å². The summed E-state index contributed by atoms with van der Waals surface area (Å²) in [5.74, 6) is 0. The van der Waals surface area contributed by atoms with Crippen molar-refractivity contribution in [3.8, 4) is 11.1 Å². The van der Waals surface area contributed by atoms with E-state index >= 15 is 0 Å². The van der Waals surface area contributed by atoms with Gasteiger partial charge in [-0.15, -0.1) is 0 Å². The Hall–Kier alpha value is -4.11. The Bertz CT molecular complexity index is 1770. The van der Waals surface area contributed by atoms with Gasteiger partial charge in [0.2, 0.25) is 0 Å². The van der Waals surface area contributed by atoms with Gasteiger partial charge in [-0.3, -0.25) is 4.79 Å². The van der Waals surface area contributed by atoms with Gasteiger partial charge in [0.25, 0.3) is 15.6 Å². The lowest BCUT2D eigenvalue weighted by molar-refractivity contribution is 0.156. The molecule has 0 unspecified atom stereocenters. The van der Waals surface area contributed by atoms with Crippen molar-refractivity contribution in [3.63, 3.8) is 0 Å². The second kappa shape index (κ2) is 8.28. The predicted molar refractivity (Wildman–Crippen MR) is 134 cm³/mol. The van der Waals surface area contributed by atoms with Gasteiger partial charge in [0.15, 0.2) is 0 Å². The number of benzene rings is 2. The van der Waals surface area contributed by atoms with E-state index in [2.05, 4.69) is 4.98 Å². The molecular formula is C26H23N3O5S. The van der Waals surface area contributed by atoms with Gasteiger partial charge in [-0.05, 0) is 45.0 Å². The minimum Gasteiger partial charge on any atom is -0.449 e. The number of carbonyl (C=O) groups excluding carboxylic acids is 1. The van der Waals surface area contributed by atoms with Crippen LogP contribution in [0.4, 0.5) is 4.79 Å². The minimum absolute atomic E-state index is 0.152. The van der Waals surface area contributed by atoms with Gasteiger partial charge in [0.05, 0.1) is 28.1 Å². The third kappa shape index (κ3) is 3.55. The summed E-state index contributed by atoms with van der Waals surface area (Å²) in [7, 11) is -3.85. The lowest BCUT2D eigenvalue weighted by Gasteiger charge is -2.11. The Kier molecular flexibility index (Phi) is 5.36. The minimum atomic E-state index is -3.85. The number of hydrogen-bond donors (Lipinski definition) is 1. The van der Waals surface area contributed by atoms with E-state index in [1.807, 2.05) is 19.1 Å². The molecule has 5 rings (SSSR count). The molecule has 1 N–H and O–H groups in total. The summed E-state index contributed by atoms with van der Waals surface area (Å²) >= 11 is 0. The molecule has 0 fully saturated rings. The highest BCUT2D eigenvalue weighted by atomic mass is 32.2. The topological polar surface area (TPSA) is 103 Å². The summed E-state index contributed by atoms with van der Waals surface area (Å²) in [5.41, 5.74) is 3.44. The largest absolute Gasteiger partial charge is 0.449 e. The number of H-pyrrole nitrogens is 1. The summed E-state index contributed by atoms with van der Waals surface area (Å²) in [6, 6.07) is 15.4. The van der Waals surface area contributed by atoms with Crippen molar-refractivity contribution in [1.82, 2.24) is 13.5 Å². The van der Waals surface area contributed by atoms with Gasteiger partial charge in [-0.25, -0.2) is 21.8 Å². The number of rotatable bonds is 4. The molecule has 0 aliphatic rings. The summed E-state index contributed by atoms with van der Waals surface area (Å²) in [6.45, 7) is 5.42. The molecule has 3 heterocycles. The first-order valence-electron chi connectivity index (χ1n) is 11.1. The van der Waals surface area contributed by atoms with Crippen LogP contribution in [0.5, 0.6) is 0 Å². The highest BCUT2D eigenvalue weighted by Gasteiger charge is 2.25. The molecule has 9 heteroatoms. The molecule has 0 bridgehead atoms. The second-order valence-electron chi connectivity index (χ2n) is 8.28. The molecule has 5 aromatic rings. The highest BCUT2D eigenvalue weighted by Crippen LogP contribution is 2.36. The zero-order chi connectivity index (χ0) is 24.9. The molecule has 0 spiro atoms. The number of carbonyl (C=O) groups is 1. The smallest absolute Gasteiger partial charge is 0.419 e. The molecule has 3 aromatic heterocycles. The molecule has 0 amide bonds. The van der Waals surface area contributed by atoms with Crippen molar-refractivity contribution < 1.29 is 17.9 Å². The molecule has 0 aliphatic carbocycles. The van der Waals surface area contributed by atoms with Crippen LogP contribution < -0.4 is 5.56 Å². The Morgan fingerprint density at radius 2 is 1.74 bits per heavy atom. The first kappa shape index (κ1) is 22.7. The van der Waals surface area contributed by atoms with Crippen molar-refractivity contribution in [2.45, 2.75) is 25.7 Å². The van der Waals surface area contributed by atoms with Crippen LogP contribution in [0.2, 0.25) is 0 Å². The third-order valence-electron chi connectivity index (χ3n) is 6.07. The number of pyridine rings is 1. The Morgan fingerprint density at radius 3 is 2.46 bits per heavy atom. The Labute approximate surface area is 201 Å². The number of para-hydroxylation sites is 1. The number of hydrogen-bond acceptors (Lipinski definition) is 5. The van der Waals surface area contributed by atoms with Crippen LogP contribution >= 0.6 is 0 Å². The quantitative estimate of drug-likeness (QED) is 0.390. The number of aromatic amines is 1. The molecule has 0 saturated heterocycles. The highest BCUT2D eigenvalue weighted by molar-refractivity contribution is 7.90. The van der Waals surface area contributed by atoms with Crippen LogP contribution in [0.15, 0.2) is 76.7 Å². The van der Waals surface area contributed by atoms with E-state index in [4.69, 9.17) is 4.74 Å². The van der Waals surface area contributed by atoms with E-state index in [-0.39, 0.29) is 17.1 Å². The number of nitrogens with zero attached hydrogens (tertiary/aromatic N) is 2. The molecule has 178 valence electrons. The summed E-state index contributed by atoms with van der Waals surface area (Å²) in [4.78, 5) is 29.0. The number of ether oxygens (including phenoxy) is 1. The van der Waals surface area contributed by atoms with E-state index in [0.717, 1.165) is 9.54 Å².